The van der Waals surface area contributed by atoms with E-state index in [1.807, 2.05) is 25.2 Å². The first-order chi connectivity index (χ1) is 15.1. The lowest BCUT2D eigenvalue weighted by atomic mass is 9.82. The predicted molar refractivity (Wildman–Crippen MR) is 111 cm³/mol. The summed E-state index contributed by atoms with van der Waals surface area (Å²) in [6, 6.07) is 10.4. The standard InChI is InChI=1S/C24H27F6NO2/c1-21(2,32)20(16-13-18(23(25,26)27)15-19(14-16)24(28,29)30)33-22(9-11-31(3)12-10-22)17-7-5-4-6-8-17/h4-8,13-15,20,32H,9-12H2,1-3H3. The molecule has 0 amide bonds. The van der Waals surface area contributed by atoms with Gasteiger partial charge in [0.05, 0.1) is 22.3 Å². The number of ether oxygens (including phenoxy) is 1. The number of likely N-dealkylation sites (tertiary alicyclic amines) is 1. The van der Waals surface area contributed by atoms with Crippen molar-refractivity contribution in [1.82, 2.24) is 4.90 Å². The summed E-state index contributed by atoms with van der Waals surface area (Å²) in [5, 5.41) is 10.9. The Balaban J connectivity index is 2.15. The van der Waals surface area contributed by atoms with Gasteiger partial charge in [-0.1, -0.05) is 30.3 Å². The van der Waals surface area contributed by atoms with E-state index in [2.05, 4.69) is 4.90 Å². The van der Waals surface area contributed by atoms with Crippen molar-refractivity contribution in [1.29, 1.82) is 0 Å². The Morgan fingerprint density at radius 3 is 1.79 bits per heavy atom. The summed E-state index contributed by atoms with van der Waals surface area (Å²) in [4.78, 5) is 2.07. The molecule has 1 heterocycles. The van der Waals surface area contributed by atoms with Gasteiger partial charge in [0.2, 0.25) is 0 Å². The maximum atomic E-state index is 13.5. The second kappa shape index (κ2) is 8.92. The highest BCUT2D eigenvalue weighted by Crippen LogP contribution is 2.46. The van der Waals surface area contributed by atoms with Crippen LogP contribution >= 0.6 is 0 Å². The number of benzene rings is 2. The van der Waals surface area contributed by atoms with Crippen LogP contribution in [0.15, 0.2) is 48.5 Å². The number of hydrogen-bond donors (Lipinski definition) is 1. The van der Waals surface area contributed by atoms with Gasteiger partial charge in [-0.3, -0.25) is 0 Å². The molecule has 2 aromatic carbocycles. The Hall–Kier alpha value is -2.10. The second-order valence-corrected chi connectivity index (χ2v) is 9.15. The molecule has 3 nitrogen and oxygen atoms in total. The number of hydrogen-bond acceptors (Lipinski definition) is 3. The average molecular weight is 475 g/mol. The van der Waals surface area contributed by atoms with E-state index >= 15 is 0 Å². The molecule has 1 aliphatic heterocycles. The fourth-order valence-electron chi connectivity index (χ4n) is 4.17. The third kappa shape index (κ3) is 5.88. The normalized spacial score (nSPS) is 18.8. The fraction of sp³-hybridized carbons (Fsp3) is 0.500. The molecule has 2 aromatic rings. The van der Waals surface area contributed by atoms with Crippen molar-refractivity contribution in [3.8, 4) is 0 Å². The van der Waals surface area contributed by atoms with Crippen LogP contribution in [0.5, 0.6) is 0 Å². The third-order valence-electron chi connectivity index (χ3n) is 5.99. The van der Waals surface area contributed by atoms with E-state index < -0.39 is 40.8 Å². The Bertz CT molecular complexity index is 910. The van der Waals surface area contributed by atoms with Gasteiger partial charge in [-0.15, -0.1) is 0 Å². The van der Waals surface area contributed by atoms with Gasteiger partial charge in [0, 0.05) is 13.1 Å². The summed E-state index contributed by atoms with van der Waals surface area (Å²) in [6.45, 7) is 3.87. The molecule has 0 aliphatic carbocycles. The van der Waals surface area contributed by atoms with E-state index in [9.17, 15) is 31.4 Å². The highest BCUT2D eigenvalue weighted by atomic mass is 19.4. The first-order valence-electron chi connectivity index (χ1n) is 10.6. The molecule has 0 aromatic heterocycles. The highest BCUT2D eigenvalue weighted by molar-refractivity contribution is 5.36. The van der Waals surface area contributed by atoms with E-state index in [4.69, 9.17) is 4.74 Å². The maximum absolute atomic E-state index is 13.5. The van der Waals surface area contributed by atoms with Crippen LogP contribution in [-0.2, 0) is 22.7 Å². The summed E-state index contributed by atoms with van der Waals surface area (Å²) < 4.78 is 87.2. The van der Waals surface area contributed by atoms with Crippen molar-refractivity contribution in [3.63, 3.8) is 0 Å². The van der Waals surface area contributed by atoms with Gasteiger partial charge in [-0.2, -0.15) is 26.3 Å². The zero-order chi connectivity index (χ0) is 24.7. The molecule has 1 fully saturated rings. The lowest BCUT2D eigenvalue weighted by Crippen LogP contribution is -2.46. The molecular weight excluding hydrogens is 448 g/mol. The number of alkyl halides is 6. The summed E-state index contributed by atoms with van der Waals surface area (Å²) >= 11 is 0. The summed E-state index contributed by atoms with van der Waals surface area (Å²) in [7, 11) is 1.92. The molecule has 1 unspecified atom stereocenters. The fourth-order valence-corrected chi connectivity index (χ4v) is 4.17. The monoisotopic (exact) mass is 475 g/mol. The van der Waals surface area contributed by atoms with Gasteiger partial charge < -0.3 is 14.7 Å². The zero-order valence-electron chi connectivity index (χ0n) is 18.6. The molecule has 0 bridgehead atoms. The van der Waals surface area contributed by atoms with Gasteiger partial charge in [0.1, 0.15) is 6.10 Å². The average Bonchev–Trinajstić information content (AvgIpc) is 2.72. The number of aliphatic hydroxyl groups is 1. The SMILES string of the molecule is CN1CCC(OC(c2cc(C(F)(F)F)cc(C(F)(F)F)c2)C(C)(C)O)(c2ccccc2)CC1. The Kier molecular flexibility index (Phi) is 6.90. The lowest BCUT2D eigenvalue weighted by molar-refractivity contribution is -0.188. The molecule has 3 rings (SSSR count). The number of piperidine rings is 1. The maximum Gasteiger partial charge on any atom is 0.416 e. The minimum atomic E-state index is -5.00. The van der Waals surface area contributed by atoms with Gasteiger partial charge in [0.25, 0.3) is 0 Å². The lowest BCUT2D eigenvalue weighted by Gasteiger charge is -2.45. The molecule has 9 heteroatoms. The highest BCUT2D eigenvalue weighted by Gasteiger charge is 2.44. The van der Waals surface area contributed by atoms with Crippen molar-refractivity contribution in [3.05, 3.63) is 70.8 Å². The number of halogens is 6. The Morgan fingerprint density at radius 1 is 0.879 bits per heavy atom. The molecular formula is C24H27F6NO2. The van der Waals surface area contributed by atoms with Crippen LogP contribution in [-0.4, -0.2) is 35.7 Å². The van der Waals surface area contributed by atoms with Gasteiger partial charge in [-0.05, 0) is 63.1 Å². The van der Waals surface area contributed by atoms with E-state index in [-0.39, 0.29) is 11.6 Å². The molecule has 0 saturated carbocycles. The van der Waals surface area contributed by atoms with E-state index in [0.717, 1.165) is 5.56 Å². The van der Waals surface area contributed by atoms with E-state index in [1.54, 1.807) is 12.1 Å². The Morgan fingerprint density at radius 2 is 1.36 bits per heavy atom. The van der Waals surface area contributed by atoms with Crippen LogP contribution in [0.25, 0.3) is 0 Å². The Labute approximate surface area is 189 Å². The summed E-state index contributed by atoms with van der Waals surface area (Å²) in [6.07, 6.45) is -10.5. The van der Waals surface area contributed by atoms with Crippen LogP contribution in [0.3, 0.4) is 0 Å². The van der Waals surface area contributed by atoms with Gasteiger partial charge in [0.15, 0.2) is 0 Å². The molecule has 1 N–H and O–H groups in total. The van der Waals surface area contributed by atoms with E-state index in [0.29, 0.717) is 38.1 Å². The minimum Gasteiger partial charge on any atom is -0.387 e. The second-order valence-electron chi connectivity index (χ2n) is 9.15. The summed E-state index contributed by atoms with van der Waals surface area (Å²) in [5.41, 5.74) is -5.25. The van der Waals surface area contributed by atoms with Crippen molar-refractivity contribution in [2.75, 3.05) is 20.1 Å². The molecule has 1 aliphatic rings. The van der Waals surface area contributed by atoms with Crippen LogP contribution in [0.2, 0.25) is 0 Å². The van der Waals surface area contributed by atoms with Gasteiger partial charge in [-0.25, -0.2) is 0 Å². The topological polar surface area (TPSA) is 32.7 Å². The number of nitrogens with zero attached hydrogens (tertiary/aromatic N) is 1. The first-order valence-corrected chi connectivity index (χ1v) is 10.6. The molecule has 0 radical (unpaired) electrons. The van der Waals surface area contributed by atoms with Crippen LogP contribution in [0, 0.1) is 0 Å². The molecule has 0 spiro atoms. The largest absolute Gasteiger partial charge is 0.416 e. The molecule has 33 heavy (non-hydrogen) atoms. The predicted octanol–water partition coefficient (Wildman–Crippen LogP) is 6.17. The van der Waals surface area contributed by atoms with Crippen LogP contribution < -0.4 is 0 Å². The van der Waals surface area contributed by atoms with Crippen molar-refractivity contribution in [2.24, 2.45) is 0 Å². The third-order valence-corrected chi connectivity index (χ3v) is 5.99. The quantitative estimate of drug-likeness (QED) is 0.525. The van der Waals surface area contributed by atoms with Crippen molar-refractivity contribution in [2.45, 2.75) is 56.3 Å². The minimum absolute atomic E-state index is 0.0769. The number of rotatable bonds is 5. The van der Waals surface area contributed by atoms with Crippen molar-refractivity contribution < 1.29 is 36.2 Å². The van der Waals surface area contributed by atoms with Crippen molar-refractivity contribution >= 4 is 0 Å². The van der Waals surface area contributed by atoms with E-state index in [1.165, 1.54) is 13.8 Å². The smallest absolute Gasteiger partial charge is 0.387 e. The first kappa shape index (κ1) is 25.5. The molecule has 1 saturated heterocycles. The van der Waals surface area contributed by atoms with Crippen LogP contribution in [0.1, 0.15) is 55.0 Å². The molecule has 1 atom stereocenters. The zero-order valence-corrected chi connectivity index (χ0v) is 18.6. The molecule has 182 valence electrons. The van der Waals surface area contributed by atoms with Gasteiger partial charge >= 0.3 is 12.4 Å². The van der Waals surface area contributed by atoms with Crippen LogP contribution in [0.4, 0.5) is 26.3 Å². The summed E-state index contributed by atoms with van der Waals surface area (Å²) in [5.74, 6) is 0.